The molecule has 4 aromatic rings. The van der Waals surface area contributed by atoms with Crippen LogP contribution in [-0.4, -0.2) is 112 Å². The van der Waals surface area contributed by atoms with Gasteiger partial charge in [-0.1, -0.05) is 75.4 Å². The number of primary amides is 1. The van der Waals surface area contributed by atoms with Gasteiger partial charge in [-0.05, 0) is 97.2 Å². The van der Waals surface area contributed by atoms with Gasteiger partial charge in [-0.2, -0.15) is 0 Å². The molecular weight excluding hydrogens is 982 g/mol. The van der Waals surface area contributed by atoms with E-state index in [1.165, 1.54) is 4.90 Å². The minimum absolute atomic E-state index is 0. The van der Waals surface area contributed by atoms with Gasteiger partial charge >= 0.3 is 0 Å². The summed E-state index contributed by atoms with van der Waals surface area (Å²) in [4.78, 5) is 91.5. The van der Waals surface area contributed by atoms with Crippen LogP contribution >= 0.6 is 23.7 Å². The number of halogens is 1. The number of benzene rings is 3. The first-order valence-electron chi connectivity index (χ1n) is 25.6. The fraction of sp³-hybridized carbons (Fsp3) is 0.509. The first-order valence-corrected chi connectivity index (χ1v) is 26.5. The van der Waals surface area contributed by atoms with Crippen LogP contribution in [0.5, 0.6) is 0 Å². The number of likely N-dealkylation sites (tertiary alicyclic amines) is 1. The third-order valence-corrected chi connectivity index (χ3v) is 15.9. The number of β-amino-alcohol motifs (C(OH)–C–C–N with tert-alkyl or cyclic N) is 1. The first-order chi connectivity index (χ1) is 34.8. The van der Waals surface area contributed by atoms with Crippen LogP contribution in [0, 0.1) is 18.3 Å². The van der Waals surface area contributed by atoms with Crippen LogP contribution in [0.3, 0.4) is 0 Å². The van der Waals surface area contributed by atoms with E-state index in [0.29, 0.717) is 19.3 Å². The van der Waals surface area contributed by atoms with Crippen molar-refractivity contribution < 1.29 is 38.6 Å². The highest BCUT2D eigenvalue weighted by Gasteiger charge is 2.46. The summed E-state index contributed by atoms with van der Waals surface area (Å²) >= 11 is 1.57. The summed E-state index contributed by atoms with van der Waals surface area (Å²) in [5.74, 6) is -1.94. The molecule has 5 heterocycles. The Morgan fingerprint density at radius 2 is 1.61 bits per heavy atom. The minimum Gasteiger partial charge on any atom is -0.391 e. The molecule has 0 radical (unpaired) electrons. The van der Waals surface area contributed by atoms with Crippen molar-refractivity contribution in [3.05, 3.63) is 100 Å². The normalized spacial score (nSPS) is 21.0. The van der Waals surface area contributed by atoms with Crippen LogP contribution in [0.2, 0.25) is 0 Å². The number of aryl methyl sites for hydroxylation is 2. The van der Waals surface area contributed by atoms with Crippen molar-refractivity contribution in [1.29, 1.82) is 0 Å². The molecule has 17 nitrogen and oxygen atoms in total. The molecule has 19 heteroatoms. The second-order valence-electron chi connectivity index (χ2n) is 21.4. The van der Waals surface area contributed by atoms with Crippen LogP contribution in [0.4, 0.5) is 11.4 Å². The lowest BCUT2D eigenvalue weighted by atomic mass is 9.85. The first kappa shape index (κ1) is 55.8. The van der Waals surface area contributed by atoms with Gasteiger partial charge < -0.3 is 47.1 Å². The zero-order chi connectivity index (χ0) is 52.1. The Bertz CT molecular complexity index is 2650. The lowest BCUT2D eigenvalue weighted by Gasteiger charge is -2.36. The molecule has 4 aliphatic heterocycles. The number of ether oxygens (including phenoxy) is 1. The molecule has 74 heavy (non-hydrogen) atoms. The largest absolute Gasteiger partial charge is 0.391 e. The molecule has 7 atom stereocenters. The molecule has 398 valence electrons. The van der Waals surface area contributed by atoms with Gasteiger partial charge in [0.1, 0.15) is 18.1 Å². The van der Waals surface area contributed by atoms with E-state index >= 15 is 0 Å². The van der Waals surface area contributed by atoms with E-state index in [0.717, 1.165) is 75.7 Å². The van der Waals surface area contributed by atoms with Crippen LogP contribution in [-0.2, 0) is 59.5 Å². The van der Waals surface area contributed by atoms with Crippen LogP contribution < -0.4 is 37.2 Å². The summed E-state index contributed by atoms with van der Waals surface area (Å²) < 4.78 is 6.31. The fourth-order valence-corrected chi connectivity index (χ4v) is 11.5. The van der Waals surface area contributed by atoms with E-state index in [2.05, 4.69) is 25.8 Å². The number of piperidine rings is 1. The molecule has 1 aromatic heterocycles. The van der Waals surface area contributed by atoms with Gasteiger partial charge in [-0.3, -0.25) is 33.7 Å². The van der Waals surface area contributed by atoms with Gasteiger partial charge in [0.15, 0.2) is 0 Å². The van der Waals surface area contributed by atoms with E-state index in [9.17, 15) is 33.9 Å². The molecule has 0 saturated carbocycles. The van der Waals surface area contributed by atoms with Crippen molar-refractivity contribution in [1.82, 2.24) is 25.8 Å². The van der Waals surface area contributed by atoms with Crippen LogP contribution in [0.1, 0.15) is 101 Å². The topological polar surface area (TPSA) is 243 Å². The third-order valence-electron chi connectivity index (χ3n) is 15.0. The van der Waals surface area contributed by atoms with Gasteiger partial charge in [0.05, 0.1) is 52.7 Å². The molecule has 8 N–H and O–H groups in total. The van der Waals surface area contributed by atoms with Gasteiger partial charge in [0.25, 0.3) is 0 Å². The summed E-state index contributed by atoms with van der Waals surface area (Å²) in [5.41, 5.74) is 20.5. The molecule has 2 fully saturated rings. The number of nitrogens with zero attached hydrogens (tertiary/aromatic N) is 4. The number of nitrogens with two attached hydrogens (primary N) is 2. The van der Waals surface area contributed by atoms with Crippen LogP contribution in [0.15, 0.2) is 72.2 Å². The highest BCUT2D eigenvalue weighted by atomic mass is 35.5. The predicted octanol–water partition coefficient (Wildman–Crippen LogP) is 4.84. The lowest BCUT2D eigenvalue weighted by molar-refractivity contribution is -0.144. The number of aliphatic hydroxyl groups excluding tert-OH is 1. The van der Waals surface area contributed by atoms with E-state index < -0.39 is 53.7 Å². The lowest BCUT2D eigenvalue weighted by Crippen LogP contribution is -2.58. The summed E-state index contributed by atoms with van der Waals surface area (Å²) in [5, 5.41) is 19.8. The van der Waals surface area contributed by atoms with Crippen molar-refractivity contribution in [2.45, 2.75) is 148 Å². The number of carbonyl (C=O) groups excluding carboxylic acids is 6. The summed E-state index contributed by atoms with van der Waals surface area (Å²) in [7, 11) is 0. The number of rotatable bonds is 18. The maximum atomic E-state index is 14.2. The van der Waals surface area contributed by atoms with E-state index in [4.69, 9.17) is 16.2 Å². The number of anilines is 2. The average Bonchev–Trinajstić information content (AvgIpc) is 4.09. The molecule has 0 unspecified atom stereocenters. The molecule has 2 saturated heterocycles. The number of carbonyl (C=O) groups is 6. The summed E-state index contributed by atoms with van der Waals surface area (Å²) in [6, 6.07) is 18.1. The molecule has 0 spiro atoms. The second kappa shape index (κ2) is 24.2. The van der Waals surface area contributed by atoms with E-state index in [-0.39, 0.29) is 93.2 Å². The Morgan fingerprint density at radius 3 is 2.27 bits per heavy atom. The van der Waals surface area contributed by atoms with Crippen molar-refractivity contribution in [3.8, 4) is 10.4 Å². The number of aliphatic hydroxyl groups is 1. The predicted molar refractivity (Wildman–Crippen MR) is 287 cm³/mol. The zero-order valence-electron chi connectivity index (χ0n) is 43.0. The monoisotopic (exact) mass is 1050 g/mol. The fourth-order valence-electron chi connectivity index (χ4n) is 10.7. The Morgan fingerprint density at radius 1 is 0.919 bits per heavy atom. The number of amides is 6. The number of nitrogens with one attached hydrogen (secondary N) is 3. The summed E-state index contributed by atoms with van der Waals surface area (Å²) in [6.45, 7) is 11.5. The maximum Gasteiger partial charge on any atom is 0.246 e. The number of aromatic nitrogens is 1. The summed E-state index contributed by atoms with van der Waals surface area (Å²) in [6.07, 6.45) is 2.42. The number of hydrogen-bond acceptors (Lipinski definition) is 12. The van der Waals surface area contributed by atoms with E-state index in [1.807, 2.05) is 107 Å². The highest BCUT2D eigenvalue weighted by Crippen LogP contribution is 2.39. The molecule has 6 amide bonds. The smallest absolute Gasteiger partial charge is 0.246 e. The SMILES string of the molecule is Cc1ncsc1-c1ccc(CNC(=O)[C@@H]2C[C@@H](O)CN2C(=O)[C@@H](NC(=O)CC2CCN(c3ccc(CO[C@H](C)[C@H](CCC(N)=O)NC(=O)[C@@H]4Cc5cccc6c5N4C(=O)[C@@H](N)CC6)cc3)CC2)C(C)(C)C)cc1.Cl. The van der Waals surface area contributed by atoms with Crippen molar-refractivity contribution in [3.63, 3.8) is 0 Å². The van der Waals surface area contributed by atoms with Gasteiger partial charge in [-0.25, -0.2) is 4.98 Å². The van der Waals surface area contributed by atoms with Gasteiger partial charge in [0, 0.05) is 57.5 Å². The molecule has 3 aromatic carbocycles. The second-order valence-corrected chi connectivity index (χ2v) is 22.2. The Balaban J connectivity index is 0.00000800. The zero-order valence-corrected chi connectivity index (χ0v) is 44.6. The van der Waals surface area contributed by atoms with E-state index in [1.54, 1.807) is 16.2 Å². The van der Waals surface area contributed by atoms with Gasteiger partial charge in [0.2, 0.25) is 35.4 Å². The third kappa shape index (κ3) is 13.1. The number of thiazole rings is 1. The average molecular weight is 1050 g/mol. The Kier molecular flexibility index (Phi) is 18.2. The highest BCUT2D eigenvalue weighted by molar-refractivity contribution is 7.13. The van der Waals surface area contributed by atoms with Crippen molar-refractivity contribution >= 4 is 70.6 Å². The standard InChI is InChI=1S/C55H71N9O8S.ClH/c1-32-49(73-31-59-32)38-13-9-35(10-14-38)28-58-51(68)44-27-41(65)29-63(44)54(71)50(55(3,4)5)61-47(67)25-34-21-23-62(24-22-34)40-16-11-36(12-17-40)30-72-33(2)43(19-20-46(57)66)60-52(69)45-26-39-8-6-7-37-15-18-42(56)53(70)64(45)48(37)39;/h6-14,16-17,31,33-34,41-45,50,65H,15,18-30,56H2,1-5H3,(H2,57,66)(H,58,68)(H,60,69)(H,61,67);1H/t33-,41-,42+,43+,44+,45+,50-;/m1./s1. The number of hydrogen-bond donors (Lipinski definition) is 6. The van der Waals surface area contributed by atoms with Crippen molar-refractivity contribution in [2.24, 2.45) is 22.8 Å². The molecule has 8 rings (SSSR count). The van der Waals surface area contributed by atoms with Crippen molar-refractivity contribution in [2.75, 3.05) is 29.4 Å². The molecule has 0 bridgehead atoms. The molecule has 0 aliphatic carbocycles. The number of para-hydroxylation sites is 1. The van der Waals surface area contributed by atoms with Gasteiger partial charge in [-0.15, -0.1) is 23.7 Å². The Hall–Kier alpha value is -5.92. The van der Waals surface area contributed by atoms with Crippen LogP contribution in [0.25, 0.3) is 10.4 Å². The quantitative estimate of drug-likeness (QED) is 0.0788. The molecular formula is C55H72ClN9O8S. The Labute approximate surface area is 443 Å². The molecule has 4 aliphatic rings. The minimum atomic E-state index is -0.904. The maximum absolute atomic E-state index is 14.2.